The van der Waals surface area contributed by atoms with Crippen LogP contribution in [-0.4, -0.2) is 25.8 Å². The van der Waals surface area contributed by atoms with Crippen molar-refractivity contribution < 1.29 is 4.74 Å². The Labute approximate surface area is 102 Å². The summed E-state index contributed by atoms with van der Waals surface area (Å²) in [6.07, 6.45) is 0. The monoisotopic (exact) mass is 227 g/mol. The van der Waals surface area contributed by atoms with Crippen molar-refractivity contribution in [2.75, 3.05) is 24.7 Å². The first-order valence-electron chi connectivity index (χ1n) is 6.18. The summed E-state index contributed by atoms with van der Waals surface area (Å²) in [7, 11) is 0. The molecule has 0 aromatic carbocycles. The summed E-state index contributed by atoms with van der Waals surface area (Å²) in [5.74, 6) is 0. The first kappa shape index (κ1) is 10.6. The Morgan fingerprint density at radius 3 is 2.82 bits per heavy atom. The van der Waals surface area contributed by atoms with E-state index in [-0.39, 0.29) is 0 Å². The molecule has 0 N–H and O–H groups in total. The van der Waals surface area contributed by atoms with Crippen LogP contribution in [0.4, 0.5) is 5.69 Å². The second-order valence-corrected chi connectivity index (χ2v) is 4.62. The van der Waals surface area contributed by atoms with Gasteiger partial charge in [0, 0.05) is 23.8 Å². The zero-order chi connectivity index (χ0) is 11.7. The standard InChI is InChI=1S/C15H17NO/c1-12-11-17-10-9-16(12)15-8-3-2-5-13-6-4-7-14(13)15/h2-8,12H,9-11H2,1H3. The fourth-order valence-electron chi connectivity index (χ4n) is 2.54. The highest BCUT2D eigenvalue weighted by Crippen LogP contribution is 2.33. The quantitative estimate of drug-likeness (QED) is 0.742. The van der Waals surface area contributed by atoms with E-state index in [1.165, 1.54) is 16.8 Å². The molecule has 0 amide bonds. The lowest BCUT2D eigenvalue weighted by molar-refractivity contribution is 0.0990. The van der Waals surface area contributed by atoms with Crippen molar-refractivity contribution >= 4 is 5.69 Å². The molecule has 0 radical (unpaired) electrons. The van der Waals surface area contributed by atoms with Crippen LogP contribution in [0, 0.1) is 0 Å². The van der Waals surface area contributed by atoms with E-state index in [0.29, 0.717) is 6.04 Å². The van der Waals surface area contributed by atoms with Crippen LogP contribution < -0.4 is 4.90 Å². The normalized spacial score (nSPS) is 20.8. The Bertz CT molecular complexity index is 482. The maximum absolute atomic E-state index is 5.51. The average Bonchev–Trinajstić information content (AvgIpc) is 2.71. The topological polar surface area (TPSA) is 12.5 Å². The minimum atomic E-state index is 0.448. The van der Waals surface area contributed by atoms with E-state index in [4.69, 9.17) is 4.74 Å². The number of hydrogen-bond acceptors (Lipinski definition) is 2. The van der Waals surface area contributed by atoms with Crippen LogP contribution >= 0.6 is 0 Å². The second kappa shape index (κ2) is 4.38. The highest BCUT2D eigenvalue weighted by atomic mass is 16.5. The van der Waals surface area contributed by atoms with Crippen molar-refractivity contribution in [3.8, 4) is 11.1 Å². The van der Waals surface area contributed by atoms with E-state index in [1.54, 1.807) is 0 Å². The number of rotatable bonds is 1. The first-order valence-corrected chi connectivity index (χ1v) is 6.18. The average molecular weight is 227 g/mol. The Morgan fingerprint density at radius 2 is 1.94 bits per heavy atom. The van der Waals surface area contributed by atoms with Gasteiger partial charge in [-0.25, -0.2) is 0 Å². The first-order chi connectivity index (χ1) is 8.36. The maximum atomic E-state index is 5.51. The van der Waals surface area contributed by atoms with Gasteiger partial charge in [0.25, 0.3) is 0 Å². The van der Waals surface area contributed by atoms with Crippen LogP contribution in [0.3, 0.4) is 0 Å². The SMILES string of the molecule is CC1COCCN1c1ccccc2cccc1-2. The van der Waals surface area contributed by atoms with Gasteiger partial charge < -0.3 is 9.64 Å². The van der Waals surface area contributed by atoms with Gasteiger partial charge in [0.05, 0.1) is 13.2 Å². The molecule has 0 aromatic rings. The Morgan fingerprint density at radius 1 is 1.12 bits per heavy atom. The molecule has 2 nitrogen and oxygen atoms in total. The fraction of sp³-hybridized carbons (Fsp3) is 0.333. The molecule has 1 atom stereocenters. The van der Waals surface area contributed by atoms with Crippen molar-refractivity contribution in [3.63, 3.8) is 0 Å². The van der Waals surface area contributed by atoms with Gasteiger partial charge >= 0.3 is 0 Å². The molecule has 3 rings (SSSR count). The zero-order valence-corrected chi connectivity index (χ0v) is 10.1. The smallest absolute Gasteiger partial charge is 0.0668 e. The molecule has 1 fully saturated rings. The summed E-state index contributed by atoms with van der Waals surface area (Å²) >= 11 is 0. The van der Waals surface area contributed by atoms with Crippen LogP contribution in [0.15, 0.2) is 42.5 Å². The van der Waals surface area contributed by atoms with E-state index < -0.39 is 0 Å². The van der Waals surface area contributed by atoms with Crippen LogP contribution in [0.2, 0.25) is 0 Å². The van der Waals surface area contributed by atoms with Crippen LogP contribution in [0.1, 0.15) is 6.92 Å². The van der Waals surface area contributed by atoms with Crippen molar-refractivity contribution in [1.82, 2.24) is 0 Å². The molecule has 2 aliphatic carbocycles. The van der Waals surface area contributed by atoms with Gasteiger partial charge in [0.15, 0.2) is 0 Å². The number of hydrogen-bond donors (Lipinski definition) is 0. The van der Waals surface area contributed by atoms with E-state index in [1.807, 2.05) is 0 Å². The molecule has 1 heterocycles. The molecular weight excluding hydrogens is 210 g/mol. The second-order valence-electron chi connectivity index (χ2n) is 4.62. The highest BCUT2D eigenvalue weighted by Gasteiger charge is 2.21. The molecule has 1 saturated heterocycles. The molecule has 0 saturated carbocycles. The largest absolute Gasteiger partial charge is 0.377 e. The number of morpholine rings is 1. The van der Waals surface area contributed by atoms with Crippen molar-refractivity contribution in [2.45, 2.75) is 13.0 Å². The molecule has 88 valence electrons. The predicted octanol–water partition coefficient (Wildman–Crippen LogP) is 3.02. The third-order valence-electron chi connectivity index (χ3n) is 3.44. The van der Waals surface area contributed by atoms with E-state index in [2.05, 4.69) is 54.3 Å². The van der Waals surface area contributed by atoms with Gasteiger partial charge in [-0.3, -0.25) is 0 Å². The summed E-state index contributed by atoms with van der Waals surface area (Å²) < 4.78 is 5.51. The fourth-order valence-corrected chi connectivity index (χ4v) is 2.54. The van der Waals surface area contributed by atoms with Crippen LogP contribution in [0.5, 0.6) is 0 Å². The van der Waals surface area contributed by atoms with Gasteiger partial charge in [-0.05, 0) is 18.6 Å². The third kappa shape index (κ3) is 1.89. The molecule has 0 aromatic heterocycles. The van der Waals surface area contributed by atoms with Gasteiger partial charge in [-0.15, -0.1) is 0 Å². The minimum absolute atomic E-state index is 0.448. The Kier molecular flexibility index (Phi) is 2.73. The van der Waals surface area contributed by atoms with Gasteiger partial charge in [-0.2, -0.15) is 0 Å². The molecule has 1 unspecified atom stereocenters. The summed E-state index contributed by atoms with van der Waals surface area (Å²) in [5, 5.41) is 0. The lowest BCUT2D eigenvalue weighted by Gasteiger charge is -2.35. The van der Waals surface area contributed by atoms with Gasteiger partial charge in [0.2, 0.25) is 0 Å². The molecule has 17 heavy (non-hydrogen) atoms. The third-order valence-corrected chi connectivity index (χ3v) is 3.44. The Hall–Kier alpha value is -1.54. The van der Waals surface area contributed by atoms with Crippen molar-refractivity contribution in [3.05, 3.63) is 42.5 Å². The summed E-state index contributed by atoms with van der Waals surface area (Å²) in [6.45, 7) is 4.85. The lowest BCUT2D eigenvalue weighted by atomic mass is 10.1. The highest BCUT2D eigenvalue weighted by molar-refractivity contribution is 5.80. The van der Waals surface area contributed by atoms with E-state index >= 15 is 0 Å². The van der Waals surface area contributed by atoms with E-state index in [9.17, 15) is 0 Å². The lowest BCUT2D eigenvalue weighted by Crippen LogP contribution is -2.43. The molecule has 2 heteroatoms. The van der Waals surface area contributed by atoms with Crippen molar-refractivity contribution in [1.29, 1.82) is 0 Å². The summed E-state index contributed by atoms with van der Waals surface area (Å²) in [6, 6.07) is 15.6. The number of anilines is 1. The summed E-state index contributed by atoms with van der Waals surface area (Å²) in [4.78, 5) is 2.45. The molecular formula is C15H17NO. The Balaban J connectivity index is 2.06. The summed E-state index contributed by atoms with van der Waals surface area (Å²) in [5.41, 5.74) is 3.97. The minimum Gasteiger partial charge on any atom is -0.377 e. The number of ether oxygens (including phenoxy) is 1. The molecule has 0 spiro atoms. The molecule has 1 aliphatic heterocycles. The number of fused-ring (bicyclic) bond motifs is 1. The van der Waals surface area contributed by atoms with Crippen LogP contribution in [0.25, 0.3) is 11.1 Å². The number of nitrogens with zero attached hydrogens (tertiary/aromatic N) is 1. The molecule has 3 aliphatic rings. The van der Waals surface area contributed by atoms with Crippen molar-refractivity contribution in [2.24, 2.45) is 0 Å². The predicted molar refractivity (Wildman–Crippen MR) is 70.7 cm³/mol. The van der Waals surface area contributed by atoms with Crippen LogP contribution in [-0.2, 0) is 4.74 Å². The maximum Gasteiger partial charge on any atom is 0.0668 e. The van der Waals surface area contributed by atoms with Gasteiger partial charge in [0.1, 0.15) is 0 Å². The zero-order valence-electron chi connectivity index (χ0n) is 10.1. The van der Waals surface area contributed by atoms with E-state index in [0.717, 1.165) is 19.8 Å². The molecule has 0 bridgehead atoms. The van der Waals surface area contributed by atoms with Gasteiger partial charge in [-0.1, -0.05) is 36.4 Å².